The van der Waals surface area contributed by atoms with E-state index in [4.69, 9.17) is 14.2 Å². The summed E-state index contributed by atoms with van der Waals surface area (Å²) >= 11 is 0. The van der Waals surface area contributed by atoms with E-state index < -0.39 is 28.7 Å². The molecule has 4 rings (SSSR count). The zero-order valence-electron chi connectivity index (χ0n) is 18.1. The summed E-state index contributed by atoms with van der Waals surface area (Å²) in [4.78, 5) is 23.9. The predicted octanol–water partition coefficient (Wildman–Crippen LogP) is 3.18. The number of carbonyl (C=O) groups is 1. The van der Waals surface area contributed by atoms with Crippen LogP contribution in [-0.4, -0.2) is 54.9 Å². The third kappa shape index (κ3) is 3.90. The number of carboxylic acid groups (broad SMARTS) is 1. The van der Waals surface area contributed by atoms with Crippen molar-refractivity contribution in [3.8, 4) is 22.8 Å². The van der Waals surface area contributed by atoms with Crippen molar-refractivity contribution in [2.75, 3.05) is 32.4 Å². The van der Waals surface area contributed by atoms with Gasteiger partial charge in [0.1, 0.15) is 5.56 Å². The number of carboxylic acids is 1. The molecule has 8 nitrogen and oxygen atoms in total. The molecule has 1 aliphatic heterocycles. The minimum absolute atomic E-state index is 0.129. The van der Waals surface area contributed by atoms with Crippen LogP contribution in [0.15, 0.2) is 29.2 Å². The second-order valence-electron chi connectivity index (χ2n) is 8.03. The molecule has 0 saturated heterocycles. The zero-order chi connectivity index (χ0) is 24.0. The van der Waals surface area contributed by atoms with E-state index in [1.807, 2.05) is 0 Å². The number of rotatable bonds is 8. The molecule has 11 heteroatoms. The molecule has 2 aromatic rings. The lowest BCUT2D eigenvalue weighted by Gasteiger charge is -2.41. The number of hydrogen-bond donors (Lipinski definition) is 1. The second kappa shape index (κ2) is 8.29. The average Bonchev–Trinajstić information content (AvgIpc) is 3.57. The van der Waals surface area contributed by atoms with Crippen molar-refractivity contribution in [3.05, 3.63) is 45.7 Å². The number of hydrogen-bond acceptors (Lipinski definition) is 6. The van der Waals surface area contributed by atoms with Gasteiger partial charge in [-0.05, 0) is 30.5 Å². The summed E-state index contributed by atoms with van der Waals surface area (Å²) in [6.07, 6.45) is -3.22. The average molecular weight is 468 g/mol. The fourth-order valence-corrected chi connectivity index (χ4v) is 4.12. The number of halogens is 3. The lowest BCUT2D eigenvalue weighted by Crippen LogP contribution is -2.55. The fourth-order valence-electron chi connectivity index (χ4n) is 4.12. The van der Waals surface area contributed by atoms with Gasteiger partial charge in [0.05, 0.1) is 26.0 Å². The molecular weight excluding hydrogens is 445 g/mol. The Morgan fingerprint density at radius 3 is 2.45 bits per heavy atom. The van der Waals surface area contributed by atoms with Gasteiger partial charge in [0.15, 0.2) is 22.5 Å². The van der Waals surface area contributed by atoms with Gasteiger partial charge >= 0.3 is 12.1 Å². The molecule has 178 valence electrons. The maximum absolute atomic E-state index is 14.0. The number of nitrogens with zero attached hydrogens (tertiary/aromatic N) is 2. The highest BCUT2D eigenvalue weighted by Crippen LogP contribution is 2.55. The Morgan fingerprint density at radius 1 is 1.15 bits per heavy atom. The third-order valence-corrected chi connectivity index (χ3v) is 6.00. The van der Waals surface area contributed by atoms with Crippen LogP contribution < -0.4 is 19.9 Å². The number of aromatic nitrogens is 1. The van der Waals surface area contributed by atoms with Crippen molar-refractivity contribution < 1.29 is 37.3 Å². The van der Waals surface area contributed by atoms with Crippen molar-refractivity contribution in [1.82, 2.24) is 4.68 Å². The molecule has 0 atom stereocenters. The summed E-state index contributed by atoms with van der Waals surface area (Å²) in [6, 6.07) is 4.26. The van der Waals surface area contributed by atoms with E-state index in [0.717, 1.165) is 21.9 Å². The van der Waals surface area contributed by atoms with Crippen LogP contribution in [0.25, 0.3) is 11.3 Å². The van der Waals surface area contributed by atoms with Crippen LogP contribution in [0.1, 0.15) is 35.2 Å². The van der Waals surface area contributed by atoms with Crippen molar-refractivity contribution in [2.45, 2.75) is 37.5 Å². The topological polar surface area (TPSA) is 90.2 Å². The molecule has 1 aromatic heterocycles. The van der Waals surface area contributed by atoms with E-state index in [0.29, 0.717) is 42.3 Å². The van der Waals surface area contributed by atoms with Gasteiger partial charge in [-0.1, -0.05) is 0 Å². The molecule has 33 heavy (non-hydrogen) atoms. The number of ether oxygens (including phenoxy) is 3. The highest BCUT2D eigenvalue weighted by Gasteiger charge is 2.68. The van der Waals surface area contributed by atoms with Gasteiger partial charge in [0, 0.05) is 38.0 Å². The smallest absolute Gasteiger partial charge is 0.413 e. The van der Waals surface area contributed by atoms with Crippen LogP contribution in [0, 0.1) is 0 Å². The molecule has 0 radical (unpaired) electrons. The summed E-state index contributed by atoms with van der Waals surface area (Å²) in [5.41, 5.74) is -2.39. The normalized spacial score (nSPS) is 16.1. The van der Waals surface area contributed by atoms with E-state index >= 15 is 0 Å². The van der Waals surface area contributed by atoms with Gasteiger partial charge in [-0.3, -0.25) is 14.5 Å². The van der Waals surface area contributed by atoms with E-state index in [-0.39, 0.29) is 25.1 Å². The van der Waals surface area contributed by atoms with Gasteiger partial charge < -0.3 is 19.3 Å². The van der Waals surface area contributed by atoms with Gasteiger partial charge in [0.25, 0.3) is 0 Å². The molecule has 1 aromatic carbocycles. The third-order valence-electron chi connectivity index (χ3n) is 6.00. The van der Waals surface area contributed by atoms with Gasteiger partial charge in [0.2, 0.25) is 0 Å². The molecule has 1 fully saturated rings. The Morgan fingerprint density at radius 2 is 1.88 bits per heavy atom. The number of methoxy groups -OCH3 is 2. The summed E-state index contributed by atoms with van der Waals surface area (Å²) < 4.78 is 59.4. The van der Waals surface area contributed by atoms with Gasteiger partial charge in [-0.15, -0.1) is 0 Å². The first-order valence-corrected chi connectivity index (χ1v) is 10.3. The maximum atomic E-state index is 14.0. The predicted molar refractivity (Wildman–Crippen MR) is 112 cm³/mol. The van der Waals surface area contributed by atoms with Crippen LogP contribution in [-0.2, 0) is 11.3 Å². The molecule has 1 aliphatic carbocycles. The minimum Gasteiger partial charge on any atom is -0.493 e. The highest BCUT2D eigenvalue weighted by molar-refractivity contribution is 5.88. The molecule has 0 amide bonds. The SMILES string of the molecule is COCCCOc1cc2c(cc1OC)-c1cc(=O)c(C(=O)O)cn1N(C1(C(F)(F)F)CC1)C2. The first-order chi connectivity index (χ1) is 15.6. The molecule has 2 aliphatic rings. The van der Waals surface area contributed by atoms with Crippen LogP contribution >= 0.6 is 0 Å². The highest BCUT2D eigenvalue weighted by atomic mass is 19.4. The van der Waals surface area contributed by atoms with Crippen molar-refractivity contribution in [1.29, 1.82) is 0 Å². The Kier molecular flexibility index (Phi) is 5.77. The lowest BCUT2D eigenvalue weighted by atomic mass is 9.98. The molecule has 1 saturated carbocycles. The monoisotopic (exact) mass is 468 g/mol. The number of aromatic carboxylic acids is 1. The molecule has 0 bridgehead atoms. The van der Waals surface area contributed by atoms with Crippen LogP contribution in [0.5, 0.6) is 11.5 Å². The summed E-state index contributed by atoms with van der Waals surface area (Å²) in [5.74, 6) is -0.796. The molecule has 1 N–H and O–H groups in total. The first kappa shape index (κ1) is 23.0. The first-order valence-electron chi connectivity index (χ1n) is 10.3. The largest absolute Gasteiger partial charge is 0.493 e. The lowest BCUT2D eigenvalue weighted by molar-refractivity contribution is -0.163. The Hall–Kier alpha value is -3.21. The van der Waals surface area contributed by atoms with E-state index in [1.54, 1.807) is 19.2 Å². The van der Waals surface area contributed by atoms with Crippen LogP contribution in [0.4, 0.5) is 13.2 Å². The summed E-state index contributed by atoms with van der Waals surface area (Å²) in [7, 11) is 3.00. The van der Waals surface area contributed by atoms with E-state index in [2.05, 4.69) is 0 Å². The zero-order valence-corrected chi connectivity index (χ0v) is 18.1. The van der Waals surface area contributed by atoms with Gasteiger partial charge in [-0.25, -0.2) is 4.79 Å². The number of benzene rings is 1. The van der Waals surface area contributed by atoms with E-state index in [1.165, 1.54) is 7.11 Å². The number of pyridine rings is 1. The van der Waals surface area contributed by atoms with Crippen molar-refractivity contribution in [3.63, 3.8) is 0 Å². The number of fused-ring (bicyclic) bond motifs is 3. The van der Waals surface area contributed by atoms with E-state index in [9.17, 15) is 27.9 Å². The molecular formula is C22H23F3N2O6. The van der Waals surface area contributed by atoms with Crippen LogP contribution in [0.3, 0.4) is 0 Å². The minimum atomic E-state index is -4.54. The number of alkyl halides is 3. The van der Waals surface area contributed by atoms with Gasteiger partial charge in [-0.2, -0.15) is 13.2 Å². The molecule has 0 unspecified atom stereocenters. The van der Waals surface area contributed by atoms with Crippen LogP contribution in [0.2, 0.25) is 0 Å². The second-order valence-corrected chi connectivity index (χ2v) is 8.03. The summed E-state index contributed by atoms with van der Waals surface area (Å²) in [5, 5.41) is 10.5. The van der Waals surface area contributed by atoms with Crippen molar-refractivity contribution >= 4 is 5.97 Å². The quantitative estimate of drug-likeness (QED) is 0.595. The Bertz CT molecular complexity index is 1140. The summed E-state index contributed by atoms with van der Waals surface area (Å²) in [6.45, 7) is 0.650. The standard InChI is InChI=1S/C22H23F3N2O6/c1-31-6-3-7-33-19-8-13-11-27(21(4-5-21)22(23,24)25)26-12-15(20(29)30)17(28)10-16(26)14(13)9-18(19)32-2/h8-10,12H,3-7,11H2,1-2H3,(H,29,30). The molecule has 0 spiro atoms. The Labute approximate surface area is 187 Å². The van der Waals surface area contributed by atoms with Crippen molar-refractivity contribution in [2.24, 2.45) is 0 Å². The Balaban J connectivity index is 1.86. The fraction of sp³-hybridized carbons (Fsp3) is 0.455. The maximum Gasteiger partial charge on any atom is 0.413 e. The molecule has 2 heterocycles.